The fraction of sp³-hybridized carbons (Fsp3) is 0.100. The number of nitro benzene ring substituents is 1. The third-order valence-electron chi connectivity index (χ3n) is 3.85. The highest BCUT2D eigenvalue weighted by Crippen LogP contribution is 2.22. The Kier molecular flexibility index (Phi) is 5.60. The summed E-state index contributed by atoms with van der Waals surface area (Å²) in [5.74, 6) is 0.502. The fourth-order valence-electron chi connectivity index (χ4n) is 2.46. The third-order valence-corrected chi connectivity index (χ3v) is 3.85. The minimum atomic E-state index is -0.524. The average Bonchev–Trinajstić information content (AvgIpc) is 2.71. The molecule has 0 saturated heterocycles. The Bertz CT molecular complexity index is 984. The minimum absolute atomic E-state index is 0.113. The highest BCUT2D eigenvalue weighted by molar-refractivity contribution is 5.61. The quantitative estimate of drug-likeness (QED) is 0.504. The summed E-state index contributed by atoms with van der Waals surface area (Å²) in [6.45, 7) is 0.850. The lowest BCUT2D eigenvalue weighted by Crippen LogP contribution is -2.03. The smallest absolute Gasteiger partial charge is 0.270 e. The third kappa shape index (κ3) is 4.80. The van der Waals surface area contributed by atoms with Gasteiger partial charge >= 0.3 is 0 Å². The molecular weight excluding hydrogens is 344 g/mol. The Labute approximate surface area is 156 Å². The van der Waals surface area contributed by atoms with E-state index in [1.165, 1.54) is 18.2 Å². The molecule has 27 heavy (non-hydrogen) atoms. The Morgan fingerprint density at radius 2 is 1.93 bits per heavy atom. The number of ether oxygens (including phenoxy) is 1. The molecule has 0 radical (unpaired) electrons. The van der Waals surface area contributed by atoms with Gasteiger partial charge in [0.1, 0.15) is 12.7 Å². The van der Waals surface area contributed by atoms with Gasteiger partial charge in [-0.1, -0.05) is 30.3 Å². The number of nitrogens with one attached hydrogen (secondary N) is 1. The van der Waals surface area contributed by atoms with Crippen LogP contribution in [-0.4, -0.2) is 9.91 Å². The predicted molar refractivity (Wildman–Crippen MR) is 100 cm³/mol. The van der Waals surface area contributed by atoms with E-state index in [1.54, 1.807) is 6.20 Å². The minimum Gasteiger partial charge on any atom is -0.473 e. The molecule has 1 heterocycles. The van der Waals surface area contributed by atoms with E-state index in [0.717, 1.165) is 11.1 Å². The molecule has 0 bridgehead atoms. The molecule has 2 aromatic carbocycles. The molecule has 0 saturated carbocycles. The number of hydrogen-bond acceptors (Lipinski definition) is 6. The zero-order valence-corrected chi connectivity index (χ0v) is 14.3. The van der Waals surface area contributed by atoms with Crippen molar-refractivity contribution in [2.45, 2.75) is 13.2 Å². The van der Waals surface area contributed by atoms with E-state index in [1.807, 2.05) is 48.5 Å². The number of rotatable bonds is 7. The number of pyridine rings is 1. The number of aromatic nitrogens is 1. The molecule has 0 aliphatic rings. The molecule has 7 heteroatoms. The molecule has 0 amide bonds. The largest absolute Gasteiger partial charge is 0.473 e. The Hall–Kier alpha value is -3.92. The van der Waals surface area contributed by atoms with Crippen LogP contribution in [-0.2, 0) is 13.2 Å². The summed E-state index contributed by atoms with van der Waals surface area (Å²) < 4.78 is 5.71. The summed E-state index contributed by atoms with van der Waals surface area (Å²) in [5.41, 5.74) is 2.60. The van der Waals surface area contributed by atoms with Crippen molar-refractivity contribution in [1.82, 2.24) is 4.98 Å². The van der Waals surface area contributed by atoms with Gasteiger partial charge in [0.25, 0.3) is 5.69 Å². The highest BCUT2D eigenvalue weighted by atomic mass is 16.6. The van der Waals surface area contributed by atoms with E-state index in [2.05, 4.69) is 10.3 Å². The second-order valence-corrected chi connectivity index (χ2v) is 5.73. The van der Waals surface area contributed by atoms with Crippen LogP contribution >= 0.6 is 0 Å². The van der Waals surface area contributed by atoms with Crippen LogP contribution in [0.2, 0.25) is 0 Å². The highest BCUT2D eigenvalue weighted by Gasteiger charge is 2.10. The molecule has 3 aromatic rings. The van der Waals surface area contributed by atoms with Crippen LogP contribution < -0.4 is 10.1 Å². The van der Waals surface area contributed by atoms with E-state index >= 15 is 0 Å². The summed E-state index contributed by atoms with van der Waals surface area (Å²) in [6.07, 6.45) is 1.65. The van der Waals surface area contributed by atoms with Crippen LogP contribution in [0, 0.1) is 21.4 Å². The zero-order chi connectivity index (χ0) is 19.1. The molecule has 0 aliphatic heterocycles. The first-order chi connectivity index (χ1) is 13.2. The summed E-state index contributed by atoms with van der Waals surface area (Å²) in [7, 11) is 0. The Morgan fingerprint density at radius 1 is 1.11 bits per heavy atom. The van der Waals surface area contributed by atoms with Gasteiger partial charge in [-0.25, -0.2) is 4.98 Å². The first-order valence-corrected chi connectivity index (χ1v) is 8.20. The lowest BCUT2D eigenvalue weighted by Gasteiger charge is -2.10. The van der Waals surface area contributed by atoms with Crippen LogP contribution in [0.25, 0.3) is 0 Å². The molecule has 134 valence electrons. The van der Waals surface area contributed by atoms with Crippen molar-refractivity contribution in [2.75, 3.05) is 5.32 Å². The summed E-state index contributed by atoms with van der Waals surface area (Å²) in [5, 5.41) is 23.1. The first kappa shape index (κ1) is 17.9. The van der Waals surface area contributed by atoms with Gasteiger partial charge in [-0.15, -0.1) is 0 Å². The zero-order valence-electron chi connectivity index (χ0n) is 14.3. The van der Waals surface area contributed by atoms with Gasteiger partial charge < -0.3 is 10.1 Å². The van der Waals surface area contributed by atoms with Gasteiger partial charge in [-0.05, 0) is 23.3 Å². The average molecular weight is 360 g/mol. The number of benzene rings is 2. The van der Waals surface area contributed by atoms with E-state index in [9.17, 15) is 15.4 Å². The fourth-order valence-corrected chi connectivity index (χ4v) is 2.46. The normalized spacial score (nSPS) is 10.0. The molecule has 1 N–H and O–H groups in total. The number of nitrogens with zero attached hydrogens (tertiary/aromatic N) is 3. The monoisotopic (exact) mass is 360 g/mol. The van der Waals surface area contributed by atoms with E-state index in [-0.39, 0.29) is 11.3 Å². The molecule has 0 atom stereocenters. The van der Waals surface area contributed by atoms with Crippen LogP contribution in [0.3, 0.4) is 0 Å². The van der Waals surface area contributed by atoms with Crippen LogP contribution in [0.1, 0.15) is 16.7 Å². The van der Waals surface area contributed by atoms with Gasteiger partial charge in [-0.2, -0.15) is 5.26 Å². The van der Waals surface area contributed by atoms with Crippen molar-refractivity contribution in [2.24, 2.45) is 0 Å². The molecule has 3 rings (SSSR count). The van der Waals surface area contributed by atoms with E-state index in [4.69, 9.17) is 4.74 Å². The first-order valence-electron chi connectivity index (χ1n) is 8.20. The molecule has 1 aromatic heterocycles. The summed E-state index contributed by atoms with van der Waals surface area (Å²) in [4.78, 5) is 14.5. The van der Waals surface area contributed by atoms with Gasteiger partial charge in [0.2, 0.25) is 5.88 Å². The molecule has 0 aliphatic carbocycles. The lowest BCUT2D eigenvalue weighted by molar-refractivity contribution is -0.384. The molecule has 7 nitrogen and oxygen atoms in total. The predicted octanol–water partition coefficient (Wildman–Crippen LogP) is 4.05. The number of nitriles is 1. The van der Waals surface area contributed by atoms with Crippen LogP contribution in [0.5, 0.6) is 5.88 Å². The number of non-ortho nitro benzene ring substituents is 1. The molecule has 0 spiro atoms. The molecular formula is C20H16N4O3. The number of anilines is 1. The van der Waals surface area contributed by atoms with Crippen molar-refractivity contribution in [3.05, 3.63) is 93.7 Å². The lowest BCUT2D eigenvalue weighted by atomic mass is 10.1. The van der Waals surface area contributed by atoms with Crippen molar-refractivity contribution in [1.29, 1.82) is 5.26 Å². The van der Waals surface area contributed by atoms with Gasteiger partial charge in [-0.3, -0.25) is 10.1 Å². The Morgan fingerprint density at radius 3 is 2.67 bits per heavy atom. The maximum atomic E-state index is 10.8. The topological polar surface area (TPSA) is 101 Å². The number of hydrogen-bond donors (Lipinski definition) is 1. The molecule has 0 unspecified atom stereocenters. The van der Waals surface area contributed by atoms with Crippen molar-refractivity contribution >= 4 is 11.4 Å². The SMILES string of the molecule is N#Cc1cc([N+](=O)[O-])ccc1NCc1ccnc(OCc2ccccc2)c1. The van der Waals surface area contributed by atoms with Gasteiger partial charge in [0, 0.05) is 30.9 Å². The standard InChI is InChI=1S/C20H16N4O3/c21-12-17-11-18(24(25)26)6-7-19(17)23-13-16-8-9-22-20(10-16)27-14-15-4-2-1-3-5-15/h1-11,23H,13-14H2. The molecule has 0 fully saturated rings. The Balaban J connectivity index is 1.65. The second kappa shape index (κ2) is 8.45. The van der Waals surface area contributed by atoms with Crippen molar-refractivity contribution in [3.63, 3.8) is 0 Å². The maximum Gasteiger partial charge on any atom is 0.270 e. The van der Waals surface area contributed by atoms with Gasteiger partial charge in [0.05, 0.1) is 16.2 Å². The van der Waals surface area contributed by atoms with E-state index < -0.39 is 4.92 Å². The van der Waals surface area contributed by atoms with Gasteiger partial charge in [0.15, 0.2) is 0 Å². The van der Waals surface area contributed by atoms with Crippen molar-refractivity contribution in [3.8, 4) is 11.9 Å². The van der Waals surface area contributed by atoms with Crippen LogP contribution in [0.4, 0.5) is 11.4 Å². The second-order valence-electron chi connectivity index (χ2n) is 5.73. The summed E-state index contributed by atoms with van der Waals surface area (Å²) in [6, 6.07) is 19.6. The van der Waals surface area contributed by atoms with Crippen LogP contribution in [0.15, 0.2) is 66.9 Å². The summed E-state index contributed by atoms with van der Waals surface area (Å²) >= 11 is 0. The maximum absolute atomic E-state index is 10.8. The van der Waals surface area contributed by atoms with E-state index in [0.29, 0.717) is 24.7 Å². The van der Waals surface area contributed by atoms with Crippen molar-refractivity contribution < 1.29 is 9.66 Å². The number of nitro groups is 1.